The maximum absolute atomic E-state index is 10.5. The Morgan fingerprint density at radius 3 is 2.52 bits per heavy atom. The lowest BCUT2D eigenvalue weighted by atomic mass is 10.0. The molecule has 2 rings (SSSR count). The number of aliphatic carboxylic acids is 1. The molecule has 1 heterocycles. The molecule has 0 amide bonds. The van der Waals surface area contributed by atoms with Crippen LogP contribution in [0.2, 0.25) is 0 Å². The number of carboxylic acids is 1. The molecular formula is C16H23NO3S. The molecule has 1 aliphatic heterocycles. The van der Waals surface area contributed by atoms with Gasteiger partial charge in [0.2, 0.25) is 0 Å². The first-order chi connectivity index (χ1) is 10.1. The Balaban J connectivity index is 1.84. The molecule has 0 saturated carbocycles. The molecule has 5 heteroatoms. The Morgan fingerprint density at radius 2 is 2.00 bits per heavy atom. The van der Waals surface area contributed by atoms with E-state index < -0.39 is 5.97 Å². The molecular weight excluding hydrogens is 286 g/mol. The molecule has 1 aliphatic rings. The summed E-state index contributed by atoms with van der Waals surface area (Å²) >= 11 is 1.75. The lowest BCUT2D eigenvalue weighted by Crippen LogP contribution is -2.39. The number of carboxylic acid groups (broad SMARTS) is 1. The largest absolute Gasteiger partial charge is 0.480 e. The summed E-state index contributed by atoms with van der Waals surface area (Å²) in [6.07, 6.45) is 3.98. The van der Waals surface area contributed by atoms with Gasteiger partial charge in [-0.15, -0.1) is 11.8 Å². The number of likely N-dealkylation sites (tertiary alicyclic amines) is 1. The number of rotatable bonds is 6. The summed E-state index contributed by atoms with van der Waals surface area (Å²) in [6, 6.07) is 9.12. The minimum Gasteiger partial charge on any atom is -0.480 e. The molecule has 1 unspecified atom stereocenters. The molecule has 0 aromatic heterocycles. The minimum atomic E-state index is -0.889. The van der Waals surface area contributed by atoms with Crippen molar-refractivity contribution in [1.82, 2.24) is 4.90 Å². The molecule has 0 spiro atoms. The first kappa shape index (κ1) is 16.3. The number of benzene rings is 1. The maximum atomic E-state index is 10.5. The molecule has 0 aliphatic carbocycles. The average molecular weight is 309 g/mol. The van der Waals surface area contributed by atoms with Crippen molar-refractivity contribution in [3.63, 3.8) is 0 Å². The number of hydrogen-bond donors (Lipinski definition) is 1. The van der Waals surface area contributed by atoms with Gasteiger partial charge in [-0.1, -0.05) is 12.1 Å². The van der Waals surface area contributed by atoms with Crippen molar-refractivity contribution >= 4 is 17.7 Å². The van der Waals surface area contributed by atoms with E-state index in [1.165, 1.54) is 10.5 Å². The van der Waals surface area contributed by atoms with Crippen LogP contribution in [0.5, 0.6) is 0 Å². The van der Waals surface area contributed by atoms with E-state index in [4.69, 9.17) is 9.84 Å². The smallest absolute Gasteiger partial charge is 0.329 e. The highest BCUT2D eigenvalue weighted by Crippen LogP contribution is 2.26. The molecule has 0 radical (unpaired) electrons. The van der Waals surface area contributed by atoms with Crippen molar-refractivity contribution in [1.29, 1.82) is 0 Å². The van der Waals surface area contributed by atoms with E-state index in [1.54, 1.807) is 11.8 Å². The average Bonchev–Trinajstić information content (AvgIpc) is 2.53. The van der Waals surface area contributed by atoms with Crippen LogP contribution in [-0.4, -0.2) is 48.0 Å². The molecule has 4 nitrogen and oxygen atoms in total. The van der Waals surface area contributed by atoms with Crippen molar-refractivity contribution in [3.05, 3.63) is 29.8 Å². The van der Waals surface area contributed by atoms with Crippen LogP contribution in [0.1, 0.15) is 31.4 Å². The van der Waals surface area contributed by atoms with Gasteiger partial charge in [0.1, 0.15) is 6.61 Å². The van der Waals surface area contributed by atoms with Crippen molar-refractivity contribution in [2.24, 2.45) is 0 Å². The second-order valence-corrected chi connectivity index (χ2v) is 6.27. The van der Waals surface area contributed by atoms with Crippen LogP contribution in [0.15, 0.2) is 29.2 Å². The molecule has 116 valence electrons. The lowest BCUT2D eigenvalue weighted by Gasteiger charge is -2.36. The molecule has 1 fully saturated rings. The van der Waals surface area contributed by atoms with Gasteiger partial charge in [0.15, 0.2) is 0 Å². The summed E-state index contributed by atoms with van der Waals surface area (Å²) in [5, 5.41) is 8.64. The number of ether oxygens (including phenoxy) is 1. The predicted octanol–water partition coefficient (Wildman–Crippen LogP) is 3.04. The third-order valence-corrected chi connectivity index (χ3v) is 4.81. The zero-order valence-electron chi connectivity index (χ0n) is 12.6. The van der Waals surface area contributed by atoms with Crippen LogP contribution in [0.3, 0.4) is 0 Å². The van der Waals surface area contributed by atoms with Crippen LogP contribution in [0, 0.1) is 0 Å². The SMILES string of the molecule is CSc1ccc(C(C)N2CCC(OCC(=O)O)CC2)cc1. The maximum Gasteiger partial charge on any atom is 0.329 e. The van der Waals surface area contributed by atoms with E-state index >= 15 is 0 Å². The van der Waals surface area contributed by atoms with Crippen molar-refractivity contribution in [2.75, 3.05) is 26.0 Å². The number of piperidine rings is 1. The normalized spacial score (nSPS) is 18.6. The van der Waals surface area contributed by atoms with Gasteiger partial charge < -0.3 is 9.84 Å². The van der Waals surface area contributed by atoms with Gasteiger partial charge in [-0.2, -0.15) is 0 Å². The number of carbonyl (C=O) groups is 1. The standard InChI is InChI=1S/C16H23NO3S/c1-12(13-3-5-15(21-2)6-4-13)17-9-7-14(8-10-17)20-11-16(18)19/h3-6,12,14H,7-11H2,1-2H3,(H,18,19). The lowest BCUT2D eigenvalue weighted by molar-refractivity contribution is -0.145. The highest BCUT2D eigenvalue weighted by Gasteiger charge is 2.24. The van der Waals surface area contributed by atoms with Crippen LogP contribution in [0.4, 0.5) is 0 Å². The van der Waals surface area contributed by atoms with Crippen LogP contribution in [-0.2, 0) is 9.53 Å². The predicted molar refractivity (Wildman–Crippen MR) is 84.8 cm³/mol. The first-order valence-corrected chi connectivity index (χ1v) is 8.54. The number of thioether (sulfide) groups is 1. The van der Waals surface area contributed by atoms with Crippen LogP contribution < -0.4 is 0 Å². The van der Waals surface area contributed by atoms with Crippen LogP contribution in [0.25, 0.3) is 0 Å². The van der Waals surface area contributed by atoms with E-state index in [0.29, 0.717) is 6.04 Å². The van der Waals surface area contributed by atoms with Gasteiger partial charge in [-0.05, 0) is 43.7 Å². The fourth-order valence-electron chi connectivity index (χ4n) is 2.71. The summed E-state index contributed by atoms with van der Waals surface area (Å²) < 4.78 is 5.38. The topological polar surface area (TPSA) is 49.8 Å². The fourth-order valence-corrected chi connectivity index (χ4v) is 3.12. The summed E-state index contributed by atoms with van der Waals surface area (Å²) in [7, 11) is 0. The molecule has 0 bridgehead atoms. The third-order valence-electron chi connectivity index (χ3n) is 4.07. The van der Waals surface area contributed by atoms with Crippen molar-refractivity contribution in [2.45, 2.75) is 36.8 Å². The second kappa shape index (κ2) is 7.82. The minimum absolute atomic E-state index is 0.0865. The van der Waals surface area contributed by atoms with Gasteiger partial charge in [-0.3, -0.25) is 4.90 Å². The Morgan fingerprint density at radius 1 is 1.38 bits per heavy atom. The van der Waals surface area contributed by atoms with E-state index in [1.807, 2.05) is 0 Å². The molecule has 1 N–H and O–H groups in total. The summed E-state index contributed by atoms with van der Waals surface area (Å²) in [5.41, 5.74) is 1.33. The fraction of sp³-hybridized carbons (Fsp3) is 0.562. The van der Waals surface area contributed by atoms with Gasteiger partial charge in [0.25, 0.3) is 0 Å². The molecule has 21 heavy (non-hydrogen) atoms. The summed E-state index contributed by atoms with van der Waals surface area (Å²) in [4.78, 5) is 14.2. The van der Waals surface area contributed by atoms with Crippen molar-refractivity contribution < 1.29 is 14.6 Å². The Bertz CT molecular complexity index is 455. The Labute approximate surface area is 130 Å². The van der Waals surface area contributed by atoms with E-state index in [9.17, 15) is 4.79 Å². The zero-order valence-corrected chi connectivity index (χ0v) is 13.4. The monoisotopic (exact) mass is 309 g/mol. The summed E-state index contributed by atoms with van der Waals surface area (Å²) in [6.45, 7) is 3.95. The Hall–Kier alpha value is -1.04. The first-order valence-electron chi connectivity index (χ1n) is 7.31. The van der Waals surface area contributed by atoms with Gasteiger partial charge >= 0.3 is 5.97 Å². The summed E-state index contributed by atoms with van der Waals surface area (Å²) in [5.74, 6) is -0.889. The molecule has 1 saturated heterocycles. The van der Waals surface area contributed by atoms with Gasteiger partial charge in [-0.25, -0.2) is 4.79 Å². The highest BCUT2D eigenvalue weighted by molar-refractivity contribution is 7.98. The van der Waals surface area contributed by atoms with Crippen molar-refractivity contribution in [3.8, 4) is 0 Å². The molecule has 1 atom stereocenters. The van der Waals surface area contributed by atoms with E-state index in [0.717, 1.165) is 25.9 Å². The van der Waals surface area contributed by atoms with Gasteiger partial charge in [0, 0.05) is 24.0 Å². The number of hydrogen-bond acceptors (Lipinski definition) is 4. The van der Waals surface area contributed by atoms with E-state index in [-0.39, 0.29) is 12.7 Å². The number of nitrogens with zero attached hydrogens (tertiary/aromatic N) is 1. The quantitative estimate of drug-likeness (QED) is 0.819. The second-order valence-electron chi connectivity index (χ2n) is 5.39. The zero-order chi connectivity index (χ0) is 15.2. The van der Waals surface area contributed by atoms with Crippen LogP contribution >= 0.6 is 11.8 Å². The van der Waals surface area contributed by atoms with Gasteiger partial charge in [0.05, 0.1) is 6.10 Å². The molecule has 1 aromatic rings. The van der Waals surface area contributed by atoms with E-state index in [2.05, 4.69) is 42.3 Å². The molecule has 1 aromatic carbocycles. The highest BCUT2D eigenvalue weighted by atomic mass is 32.2. The Kier molecular flexibility index (Phi) is 6.08. The third kappa shape index (κ3) is 4.73.